The van der Waals surface area contributed by atoms with E-state index in [4.69, 9.17) is 23.2 Å². The van der Waals surface area contributed by atoms with Gasteiger partial charge in [-0.2, -0.15) is 5.10 Å². The number of benzene rings is 2. The maximum atomic E-state index is 11.9. The highest BCUT2D eigenvalue weighted by Crippen LogP contribution is 2.41. The molecule has 1 saturated carbocycles. The highest BCUT2D eigenvalue weighted by atomic mass is 35.5. The summed E-state index contributed by atoms with van der Waals surface area (Å²) in [4.78, 5) is 4.25. The number of nitrogens with one attached hydrogen (secondary N) is 1. The van der Waals surface area contributed by atoms with Gasteiger partial charge in [0.1, 0.15) is 17.8 Å². The summed E-state index contributed by atoms with van der Waals surface area (Å²) in [5.41, 5.74) is 2.79. The second kappa shape index (κ2) is 8.54. The number of aromatic nitrogens is 3. The van der Waals surface area contributed by atoms with Crippen molar-refractivity contribution in [3.05, 3.63) is 93.0 Å². The van der Waals surface area contributed by atoms with Gasteiger partial charge in [0.2, 0.25) is 0 Å². The Morgan fingerprint density at radius 2 is 1.41 bits per heavy atom. The van der Waals surface area contributed by atoms with Crippen LogP contribution in [0.15, 0.2) is 66.0 Å². The van der Waals surface area contributed by atoms with Gasteiger partial charge in [0.05, 0.1) is 0 Å². The zero-order valence-corrected chi connectivity index (χ0v) is 17.3. The fraction of sp³-hybridized carbons (Fsp3) is 0.217. The van der Waals surface area contributed by atoms with Gasteiger partial charge in [0.25, 0.3) is 0 Å². The first-order valence-electron chi connectivity index (χ1n) is 9.53. The van der Waals surface area contributed by atoms with Crippen molar-refractivity contribution in [3.8, 4) is 0 Å². The highest BCUT2D eigenvalue weighted by molar-refractivity contribution is 6.30. The molecule has 0 atom stereocenters. The normalized spacial score (nSPS) is 22.3. The molecule has 0 saturated heterocycles. The molecule has 2 N–H and O–H groups in total. The molecule has 0 unspecified atom stereocenters. The topological polar surface area (TPSA) is 61.8 Å². The van der Waals surface area contributed by atoms with E-state index in [1.54, 1.807) is 0 Å². The Bertz CT molecular complexity index is 959. The molecule has 4 nitrogen and oxygen atoms in total. The Morgan fingerprint density at radius 3 is 1.86 bits per heavy atom. The first-order valence-corrected chi connectivity index (χ1v) is 10.3. The number of H-pyrrole nitrogens is 1. The fourth-order valence-electron chi connectivity index (χ4n) is 3.78. The Hall–Kier alpha value is -2.40. The van der Waals surface area contributed by atoms with Crippen molar-refractivity contribution >= 4 is 35.4 Å². The standard InChI is InChI=1S/C23H21Cl2N3O/c24-20-8-4-16(5-9-20)12-18-2-1-3-19(13-17-6-10-21(25)11-7-17)23(18,29)14-22-26-15-27-28-22/h4-13,15,29H,1-3,14H2,(H,26,27,28). The zero-order chi connectivity index (χ0) is 20.3. The summed E-state index contributed by atoms with van der Waals surface area (Å²) >= 11 is 12.0. The highest BCUT2D eigenvalue weighted by Gasteiger charge is 2.39. The van der Waals surface area contributed by atoms with E-state index in [-0.39, 0.29) is 0 Å². The van der Waals surface area contributed by atoms with E-state index in [0.717, 1.165) is 41.5 Å². The van der Waals surface area contributed by atoms with Crippen molar-refractivity contribution in [1.82, 2.24) is 15.2 Å². The molecule has 0 aliphatic heterocycles. The van der Waals surface area contributed by atoms with Crippen LogP contribution < -0.4 is 0 Å². The predicted molar refractivity (Wildman–Crippen MR) is 118 cm³/mol. The van der Waals surface area contributed by atoms with Crippen molar-refractivity contribution in [2.45, 2.75) is 31.3 Å². The predicted octanol–water partition coefficient (Wildman–Crippen LogP) is 5.74. The van der Waals surface area contributed by atoms with E-state index in [9.17, 15) is 5.11 Å². The third-order valence-corrected chi connectivity index (χ3v) is 5.77. The molecule has 1 aromatic heterocycles. The molecule has 0 bridgehead atoms. The Labute approximate surface area is 179 Å². The number of hydrogen-bond acceptors (Lipinski definition) is 3. The lowest BCUT2D eigenvalue weighted by molar-refractivity contribution is 0.101. The van der Waals surface area contributed by atoms with Crippen molar-refractivity contribution in [2.24, 2.45) is 0 Å². The molecular weight excluding hydrogens is 405 g/mol. The lowest BCUT2D eigenvalue weighted by atomic mass is 9.73. The molecule has 0 spiro atoms. The largest absolute Gasteiger partial charge is 0.381 e. The van der Waals surface area contributed by atoms with Crippen molar-refractivity contribution in [2.75, 3.05) is 0 Å². The fourth-order valence-corrected chi connectivity index (χ4v) is 4.03. The lowest BCUT2D eigenvalue weighted by Gasteiger charge is -2.37. The molecule has 0 radical (unpaired) electrons. The summed E-state index contributed by atoms with van der Waals surface area (Å²) in [6.45, 7) is 0. The van der Waals surface area contributed by atoms with Crippen LogP contribution in [0.25, 0.3) is 12.2 Å². The van der Waals surface area contributed by atoms with E-state index >= 15 is 0 Å². The number of hydrogen-bond donors (Lipinski definition) is 2. The van der Waals surface area contributed by atoms with Gasteiger partial charge in [-0.05, 0) is 65.8 Å². The summed E-state index contributed by atoms with van der Waals surface area (Å²) in [5.74, 6) is 0.651. The number of aromatic amines is 1. The van der Waals surface area contributed by atoms with Gasteiger partial charge >= 0.3 is 0 Å². The second-order valence-corrected chi connectivity index (χ2v) is 8.14. The lowest BCUT2D eigenvalue weighted by Crippen LogP contribution is -2.39. The molecule has 1 fully saturated rings. The summed E-state index contributed by atoms with van der Waals surface area (Å²) in [6, 6.07) is 15.3. The van der Waals surface area contributed by atoms with Gasteiger partial charge in [0.15, 0.2) is 0 Å². The average Bonchev–Trinajstić information content (AvgIpc) is 3.21. The van der Waals surface area contributed by atoms with Gasteiger partial charge in [-0.3, -0.25) is 5.10 Å². The van der Waals surface area contributed by atoms with E-state index in [0.29, 0.717) is 22.3 Å². The first kappa shape index (κ1) is 19.9. The number of rotatable bonds is 4. The maximum absolute atomic E-state index is 11.9. The molecule has 148 valence electrons. The molecule has 3 aromatic rings. The van der Waals surface area contributed by atoms with E-state index in [1.807, 2.05) is 48.5 Å². The van der Waals surface area contributed by atoms with Gasteiger partial charge in [-0.25, -0.2) is 4.98 Å². The number of nitrogens with zero attached hydrogens (tertiary/aromatic N) is 2. The van der Waals surface area contributed by atoms with Crippen molar-refractivity contribution in [3.63, 3.8) is 0 Å². The monoisotopic (exact) mass is 425 g/mol. The van der Waals surface area contributed by atoms with Crippen molar-refractivity contribution in [1.29, 1.82) is 0 Å². The zero-order valence-electron chi connectivity index (χ0n) is 15.8. The molecule has 4 rings (SSSR count). The first-order chi connectivity index (χ1) is 14.0. The van der Waals surface area contributed by atoms with Crippen LogP contribution in [-0.2, 0) is 6.42 Å². The molecule has 6 heteroatoms. The van der Waals surface area contributed by atoms with Crippen LogP contribution in [0.1, 0.15) is 36.2 Å². The minimum Gasteiger partial charge on any atom is -0.381 e. The van der Waals surface area contributed by atoms with Crippen LogP contribution in [0.2, 0.25) is 10.0 Å². The van der Waals surface area contributed by atoms with Crippen LogP contribution in [-0.4, -0.2) is 25.9 Å². The second-order valence-electron chi connectivity index (χ2n) is 7.27. The smallest absolute Gasteiger partial charge is 0.137 e. The minimum atomic E-state index is -1.14. The minimum absolute atomic E-state index is 0.339. The summed E-state index contributed by atoms with van der Waals surface area (Å²) in [7, 11) is 0. The van der Waals surface area contributed by atoms with Crippen LogP contribution in [0.5, 0.6) is 0 Å². The molecule has 29 heavy (non-hydrogen) atoms. The Kier molecular flexibility index (Phi) is 5.86. The summed E-state index contributed by atoms with van der Waals surface area (Å²) in [5, 5.41) is 20.1. The Balaban J connectivity index is 1.77. The SMILES string of the molecule is OC1(Cc2ncn[nH]2)C(=Cc2ccc(Cl)cc2)CCCC1=Cc1ccc(Cl)cc1. The van der Waals surface area contributed by atoms with Crippen LogP contribution in [0.3, 0.4) is 0 Å². The molecule has 1 aliphatic carbocycles. The number of halogens is 2. The maximum Gasteiger partial charge on any atom is 0.137 e. The quantitative estimate of drug-likeness (QED) is 0.560. The molecule has 2 aromatic carbocycles. The van der Waals surface area contributed by atoms with Gasteiger partial charge in [-0.1, -0.05) is 59.6 Å². The van der Waals surface area contributed by atoms with Gasteiger partial charge in [0, 0.05) is 16.5 Å². The average molecular weight is 426 g/mol. The van der Waals surface area contributed by atoms with Gasteiger partial charge < -0.3 is 5.11 Å². The van der Waals surface area contributed by atoms with Crippen molar-refractivity contribution < 1.29 is 5.11 Å². The Morgan fingerprint density at radius 1 is 0.897 bits per heavy atom. The third-order valence-electron chi connectivity index (χ3n) is 5.26. The van der Waals surface area contributed by atoms with Crippen LogP contribution >= 0.6 is 23.2 Å². The summed E-state index contributed by atoms with van der Waals surface area (Å²) in [6.07, 6.45) is 8.51. The van der Waals surface area contributed by atoms with E-state index in [2.05, 4.69) is 27.3 Å². The molecule has 1 heterocycles. The number of aliphatic hydroxyl groups is 1. The van der Waals surface area contributed by atoms with E-state index < -0.39 is 5.60 Å². The molecular formula is C23H21Cl2N3O. The third kappa shape index (κ3) is 4.61. The molecule has 1 aliphatic rings. The molecule has 0 amide bonds. The van der Waals surface area contributed by atoms with Crippen LogP contribution in [0.4, 0.5) is 0 Å². The van der Waals surface area contributed by atoms with Crippen LogP contribution in [0, 0.1) is 0 Å². The van der Waals surface area contributed by atoms with E-state index in [1.165, 1.54) is 6.33 Å². The van der Waals surface area contributed by atoms with Gasteiger partial charge in [-0.15, -0.1) is 0 Å². The summed E-state index contributed by atoms with van der Waals surface area (Å²) < 4.78 is 0.